The van der Waals surface area contributed by atoms with Gasteiger partial charge in [0.2, 0.25) is 0 Å². The molecule has 1 unspecified atom stereocenters. The van der Waals surface area contributed by atoms with Crippen molar-refractivity contribution >= 4 is 11.5 Å². The maximum absolute atomic E-state index is 8.71. The zero-order valence-electron chi connectivity index (χ0n) is 5.91. The highest BCUT2D eigenvalue weighted by Gasteiger charge is 2.20. The van der Waals surface area contributed by atoms with Gasteiger partial charge in [0.1, 0.15) is 5.84 Å². The molecule has 1 aliphatic heterocycles. The first kappa shape index (κ1) is 7.90. The Labute approximate surface area is 63.9 Å². The van der Waals surface area contributed by atoms with Crippen LogP contribution in [0.1, 0.15) is 0 Å². The Morgan fingerprint density at radius 1 is 1.73 bits per heavy atom. The normalized spacial score (nSPS) is 24.5. The molecule has 0 aromatic heterocycles. The number of aliphatic hydroxyl groups excluding tert-OH is 1. The van der Waals surface area contributed by atoms with Crippen LogP contribution in [0.2, 0.25) is 0 Å². The summed E-state index contributed by atoms with van der Waals surface area (Å²) in [6.45, 7) is -0.180. The van der Waals surface area contributed by atoms with Gasteiger partial charge in [-0.15, -0.1) is 0 Å². The summed E-state index contributed by atoms with van der Waals surface area (Å²) in [5.41, 5.74) is 11.4. The van der Waals surface area contributed by atoms with Gasteiger partial charge >= 0.3 is 0 Å². The first-order valence-electron chi connectivity index (χ1n) is 3.14. The molecular formula is C6H10N4O. The van der Waals surface area contributed by atoms with Gasteiger partial charge in [-0.3, -0.25) is 5.41 Å². The summed E-state index contributed by atoms with van der Waals surface area (Å²) in [5, 5.41) is 16.0. The fraction of sp³-hybridized carbons (Fsp3) is 0.333. The molecule has 0 aliphatic carbocycles. The van der Waals surface area contributed by atoms with E-state index in [0.29, 0.717) is 5.57 Å². The van der Waals surface area contributed by atoms with Crippen LogP contribution in [-0.2, 0) is 0 Å². The first-order chi connectivity index (χ1) is 5.16. The molecule has 11 heavy (non-hydrogen) atoms. The first-order valence-corrected chi connectivity index (χ1v) is 3.14. The zero-order chi connectivity index (χ0) is 8.43. The monoisotopic (exact) mass is 154 g/mol. The smallest absolute Gasteiger partial charge is 0.146 e. The molecule has 60 valence electrons. The minimum atomic E-state index is -0.600. The van der Waals surface area contributed by atoms with Gasteiger partial charge in [-0.1, -0.05) is 0 Å². The summed E-state index contributed by atoms with van der Waals surface area (Å²) >= 11 is 0. The Morgan fingerprint density at radius 2 is 2.36 bits per heavy atom. The van der Waals surface area contributed by atoms with Crippen molar-refractivity contribution in [2.45, 2.75) is 6.04 Å². The van der Waals surface area contributed by atoms with Crippen LogP contribution < -0.4 is 11.5 Å². The van der Waals surface area contributed by atoms with E-state index in [2.05, 4.69) is 4.99 Å². The number of aliphatic hydroxyl groups is 1. The molecule has 0 bridgehead atoms. The highest BCUT2D eigenvalue weighted by Crippen LogP contribution is 2.05. The molecule has 0 aromatic carbocycles. The maximum atomic E-state index is 8.71. The average Bonchev–Trinajstić information content (AvgIpc) is 2.01. The summed E-state index contributed by atoms with van der Waals surface area (Å²) in [4.78, 5) is 3.68. The van der Waals surface area contributed by atoms with Crippen LogP contribution in [0.15, 0.2) is 16.8 Å². The largest absolute Gasteiger partial charge is 0.392 e. The van der Waals surface area contributed by atoms with Crippen LogP contribution in [-0.4, -0.2) is 29.3 Å². The van der Waals surface area contributed by atoms with Crippen molar-refractivity contribution in [1.82, 2.24) is 0 Å². The quantitative estimate of drug-likeness (QED) is 0.372. The second-order valence-corrected chi connectivity index (χ2v) is 2.27. The van der Waals surface area contributed by atoms with Crippen LogP contribution in [0.25, 0.3) is 0 Å². The standard InChI is InChI=1S/C6H10N4O/c7-4-3(2-11)1-10-6(9)5(4)8/h1,4,8,11H,2,7H2,(H2,9,10). The van der Waals surface area contributed by atoms with Gasteiger partial charge in [-0.05, 0) is 5.57 Å². The van der Waals surface area contributed by atoms with Crippen molar-refractivity contribution < 1.29 is 5.11 Å². The fourth-order valence-electron chi connectivity index (χ4n) is 0.786. The van der Waals surface area contributed by atoms with E-state index in [0.717, 1.165) is 0 Å². The SMILES string of the molecule is N=C1C(N)=NC=C(CO)C1N. The van der Waals surface area contributed by atoms with Gasteiger partial charge in [0, 0.05) is 6.20 Å². The van der Waals surface area contributed by atoms with E-state index in [4.69, 9.17) is 22.0 Å². The van der Waals surface area contributed by atoms with Gasteiger partial charge < -0.3 is 16.6 Å². The van der Waals surface area contributed by atoms with E-state index in [1.54, 1.807) is 0 Å². The number of nitrogens with zero attached hydrogens (tertiary/aromatic N) is 1. The minimum Gasteiger partial charge on any atom is -0.392 e. The summed E-state index contributed by atoms with van der Waals surface area (Å²) in [6.07, 6.45) is 1.40. The molecule has 0 radical (unpaired) electrons. The van der Waals surface area contributed by atoms with E-state index in [9.17, 15) is 0 Å². The molecule has 1 heterocycles. The lowest BCUT2D eigenvalue weighted by molar-refractivity contribution is 0.326. The summed E-state index contributed by atoms with van der Waals surface area (Å²) < 4.78 is 0. The molecule has 5 heteroatoms. The number of amidine groups is 1. The zero-order valence-corrected chi connectivity index (χ0v) is 5.91. The Bertz CT molecular complexity index is 243. The van der Waals surface area contributed by atoms with Crippen molar-refractivity contribution in [3.63, 3.8) is 0 Å². The number of rotatable bonds is 1. The van der Waals surface area contributed by atoms with E-state index >= 15 is 0 Å². The highest BCUT2D eigenvalue weighted by molar-refractivity contribution is 6.42. The Kier molecular flexibility index (Phi) is 2.02. The Hall–Kier alpha value is -1.20. The van der Waals surface area contributed by atoms with Crippen molar-refractivity contribution in [2.24, 2.45) is 16.5 Å². The molecule has 0 spiro atoms. The number of aliphatic imine (C=N–C) groups is 1. The van der Waals surface area contributed by atoms with Crippen molar-refractivity contribution in [1.29, 1.82) is 5.41 Å². The Morgan fingerprint density at radius 3 is 2.91 bits per heavy atom. The van der Waals surface area contributed by atoms with E-state index in [1.807, 2.05) is 0 Å². The van der Waals surface area contributed by atoms with Crippen LogP contribution in [0.5, 0.6) is 0 Å². The molecule has 0 aromatic rings. The number of hydrogen-bond donors (Lipinski definition) is 4. The molecule has 1 rings (SSSR count). The van der Waals surface area contributed by atoms with Crippen LogP contribution in [0.4, 0.5) is 0 Å². The lowest BCUT2D eigenvalue weighted by atomic mass is 10.0. The minimum absolute atomic E-state index is 0.0663. The van der Waals surface area contributed by atoms with Crippen LogP contribution in [0, 0.1) is 5.41 Å². The predicted octanol–water partition coefficient (Wildman–Crippen LogP) is -1.42. The third-order valence-electron chi connectivity index (χ3n) is 1.54. The number of nitrogens with two attached hydrogens (primary N) is 2. The molecule has 6 N–H and O–H groups in total. The molecule has 0 saturated carbocycles. The summed E-state index contributed by atoms with van der Waals surface area (Å²) in [6, 6.07) is -0.600. The van der Waals surface area contributed by atoms with Gasteiger partial charge in [-0.25, -0.2) is 4.99 Å². The molecule has 5 nitrogen and oxygen atoms in total. The molecular weight excluding hydrogens is 144 g/mol. The van der Waals surface area contributed by atoms with Crippen LogP contribution >= 0.6 is 0 Å². The van der Waals surface area contributed by atoms with Crippen LogP contribution in [0.3, 0.4) is 0 Å². The topological polar surface area (TPSA) is 108 Å². The third kappa shape index (κ3) is 1.28. The Balaban J connectivity index is 2.93. The highest BCUT2D eigenvalue weighted by atomic mass is 16.3. The summed E-state index contributed by atoms with van der Waals surface area (Å²) in [7, 11) is 0. The molecule has 1 aliphatic rings. The van der Waals surface area contributed by atoms with Crippen molar-refractivity contribution in [3.05, 3.63) is 11.8 Å². The fourth-order valence-corrected chi connectivity index (χ4v) is 0.786. The number of nitrogens with one attached hydrogen (secondary N) is 1. The van der Waals surface area contributed by atoms with Crippen molar-refractivity contribution in [3.8, 4) is 0 Å². The van der Waals surface area contributed by atoms with Gasteiger partial charge in [-0.2, -0.15) is 0 Å². The number of hydrogen-bond acceptors (Lipinski definition) is 5. The third-order valence-corrected chi connectivity index (χ3v) is 1.54. The average molecular weight is 154 g/mol. The van der Waals surface area contributed by atoms with E-state index < -0.39 is 6.04 Å². The van der Waals surface area contributed by atoms with Gasteiger partial charge in [0.25, 0.3) is 0 Å². The van der Waals surface area contributed by atoms with Crippen molar-refractivity contribution in [2.75, 3.05) is 6.61 Å². The second kappa shape index (κ2) is 2.81. The molecule has 0 fully saturated rings. The second-order valence-electron chi connectivity index (χ2n) is 2.27. The van der Waals surface area contributed by atoms with Gasteiger partial charge in [0.05, 0.1) is 18.4 Å². The van der Waals surface area contributed by atoms with Gasteiger partial charge in [0.15, 0.2) is 0 Å². The van der Waals surface area contributed by atoms with E-state index in [-0.39, 0.29) is 18.2 Å². The summed E-state index contributed by atoms with van der Waals surface area (Å²) in [5.74, 6) is 0.120. The predicted molar refractivity (Wildman–Crippen MR) is 42.5 cm³/mol. The lowest BCUT2D eigenvalue weighted by Crippen LogP contribution is -2.43. The molecule has 0 amide bonds. The maximum Gasteiger partial charge on any atom is 0.146 e. The van der Waals surface area contributed by atoms with E-state index in [1.165, 1.54) is 6.20 Å². The molecule has 0 saturated heterocycles. The lowest BCUT2D eigenvalue weighted by Gasteiger charge is -2.17. The molecule has 1 atom stereocenters.